The fourth-order valence-corrected chi connectivity index (χ4v) is 2.02. The van der Waals surface area contributed by atoms with E-state index in [9.17, 15) is 4.39 Å². The largest absolute Gasteiger partial charge is 0.469 e. The van der Waals surface area contributed by atoms with E-state index in [2.05, 4.69) is 0 Å². The average molecular weight is 248 g/mol. The molecule has 2 aromatic rings. The Balaban J connectivity index is 2.26. The van der Waals surface area contributed by atoms with Gasteiger partial charge in [0, 0.05) is 37.0 Å². The SMILES string of the molecule is Cc1occc1CN(C)c1cccc(F)c1CN. The third-order valence-electron chi connectivity index (χ3n) is 3.08. The molecule has 96 valence electrons. The molecule has 0 aliphatic carbocycles. The first-order valence-corrected chi connectivity index (χ1v) is 5.85. The Morgan fingerprint density at radius 1 is 1.33 bits per heavy atom. The number of benzene rings is 1. The van der Waals surface area contributed by atoms with Crippen LogP contribution in [0, 0.1) is 12.7 Å². The van der Waals surface area contributed by atoms with Crippen molar-refractivity contribution in [2.24, 2.45) is 5.73 Å². The lowest BCUT2D eigenvalue weighted by Gasteiger charge is -2.22. The number of nitrogens with two attached hydrogens (primary N) is 1. The maximum atomic E-state index is 13.6. The van der Waals surface area contributed by atoms with E-state index >= 15 is 0 Å². The summed E-state index contributed by atoms with van der Waals surface area (Å²) in [6, 6.07) is 6.93. The van der Waals surface area contributed by atoms with Crippen molar-refractivity contribution < 1.29 is 8.81 Å². The summed E-state index contributed by atoms with van der Waals surface area (Å²) in [6.45, 7) is 2.77. The molecule has 0 saturated carbocycles. The number of hydrogen-bond acceptors (Lipinski definition) is 3. The van der Waals surface area contributed by atoms with Crippen LogP contribution in [-0.4, -0.2) is 7.05 Å². The van der Waals surface area contributed by atoms with Gasteiger partial charge in [-0.05, 0) is 25.1 Å². The van der Waals surface area contributed by atoms with Crippen molar-refractivity contribution >= 4 is 5.69 Å². The van der Waals surface area contributed by atoms with Crippen LogP contribution in [-0.2, 0) is 13.1 Å². The van der Waals surface area contributed by atoms with Crippen molar-refractivity contribution in [1.82, 2.24) is 0 Å². The number of anilines is 1. The molecule has 0 fully saturated rings. The molecule has 2 N–H and O–H groups in total. The van der Waals surface area contributed by atoms with E-state index < -0.39 is 0 Å². The Morgan fingerprint density at radius 3 is 2.72 bits per heavy atom. The molecule has 1 aromatic carbocycles. The quantitative estimate of drug-likeness (QED) is 0.904. The van der Waals surface area contributed by atoms with Gasteiger partial charge in [-0.15, -0.1) is 0 Å². The van der Waals surface area contributed by atoms with Crippen LogP contribution in [0.3, 0.4) is 0 Å². The van der Waals surface area contributed by atoms with Crippen molar-refractivity contribution in [3.05, 3.63) is 53.2 Å². The van der Waals surface area contributed by atoms with E-state index in [1.807, 2.05) is 31.0 Å². The predicted molar refractivity (Wildman–Crippen MR) is 69.8 cm³/mol. The van der Waals surface area contributed by atoms with Crippen LogP contribution in [0.25, 0.3) is 0 Å². The number of nitrogens with zero attached hydrogens (tertiary/aromatic N) is 1. The van der Waals surface area contributed by atoms with Crippen molar-refractivity contribution in [2.45, 2.75) is 20.0 Å². The Labute approximate surface area is 106 Å². The molecule has 2 rings (SSSR count). The van der Waals surface area contributed by atoms with Gasteiger partial charge in [-0.3, -0.25) is 0 Å². The first-order valence-electron chi connectivity index (χ1n) is 5.85. The molecule has 0 saturated heterocycles. The summed E-state index contributed by atoms with van der Waals surface area (Å²) in [5, 5.41) is 0. The van der Waals surface area contributed by atoms with Crippen molar-refractivity contribution in [3.63, 3.8) is 0 Å². The highest BCUT2D eigenvalue weighted by atomic mass is 19.1. The maximum Gasteiger partial charge on any atom is 0.129 e. The van der Waals surface area contributed by atoms with E-state index in [1.54, 1.807) is 12.3 Å². The van der Waals surface area contributed by atoms with Gasteiger partial charge in [-0.1, -0.05) is 6.07 Å². The van der Waals surface area contributed by atoms with Crippen molar-refractivity contribution in [2.75, 3.05) is 11.9 Å². The summed E-state index contributed by atoms with van der Waals surface area (Å²) in [5.41, 5.74) is 8.06. The van der Waals surface area contributed by atoms with Crippen molar-refractivity contribution in [3.8, 4) is 0 Å². The summed E-state index contributed by atoms with van der Waals surface area (Å²) in [4.78, 5) is 1.98. The van der Waals surface area contributed by atoms with E-state index in [-0.39, 0.29) is 12.4 Å². The van der Waals surface area contributed by atoms with Crippen LogP contribution in [0.1, 0.15) is 16.9 Å². The highest BCUT2D eigenvalue weighted by molar-refractivity contribution is 5.54. The highest BCUT2D eigenvalue weighted by Gasteiger charge is 2.12. The Hall–Kier alpha value is -1.81. The molecule has 0 radical (unpaired) electrons. The Kier molecular flexibility index (Phi) is 3.67. The van der Waals surface area contributed by atoms with Crippen LogP contribution >= 0.6 is 0 Å². The van der Waals surface area contributed by atoms with Gasteiger partial charge >= 0.3 is 0 Å². The Bertz CT molecular complexity index is 536. The number of halogens is 1. The minimum absolute atomic E-state index is 0.191. The second kappa shape index (κ2) is 5.23. The van der Waals surface area contributed by atoms with Crippen LogP contribution in [0.2, 0.25) is 0 Å². The molecule has 0 bridgehead atoms. The van der Waals surface area contributed by atoms with Gasteiger partial charge in [0.25, 0.3) is 0 Å². The van der Waals surface area contributed by atoms with E-state index in [1.165, 1.54) is 6.07 Å². The lowest BCUT2D eigenvalue weighted by Crippen LogP contribution is -2.19. The molecule has 4 heteroatoms. The molecule has 1 aromatic heterocycles. The summed E-state index contributed by atoms with van der Waals surface area (Å²) in [5.74, 6) is 0.623. The fourth-order valence-electron chi connectivity index (χ4n) is 2.02. The van der Waals surface area contributed by atoms with E-state index in [0.717, 1.165) is 17.0 Å². The molecule has 1 heterocycles. The van der Waals surface area contributed by atoms with Crippen LogP contribution in [0.5, 0.6) is 0 Å². The van der Waals surface area contributed by atoms with Gasteiger partial charge in [-0.25, -0.2) is 4.39 Å². The molecule has 0 aliphatic heterocycles. The summed E-state index contributed by atoms with van der Waals surface area (Å²) in [7, 11) is 1.92. The lowest BCUT2D eigenvalue weighted by atomic mass is 10.1. The third kappa shape index (κ3) is 2.38. The first kappa shape index (κ1) is 12.6. The number of rotatable bonds is 4. The van der Waals surface area contributed by atoms with Gasteiger partial charge in [0.05, 0.1) is 6.26 Å². The molecule has 0 aliphatic rings. The zero-order chi connectivity index (χ0) is 13.1. The minimum Gasteiger partial charge on any atom is -0.469 e. The number of hydrogen-bond donors (Lipinski definition) is 1. The monoisotopic (exact) mass is 248 g/mol. The van der Waals surface area contributed by atoms with Crippen LogP contribution in [0.15, 0.2) is 34.9 Å². The zero-order valence-electron chi connectivity index (χ0n) is 10.6. The number of furan rings is 1. The summed E-state index contributed by atoms with van der Waals surface area (Å²) < 4.78 is 18.9. The maximum absolute atomic E-state index is 13.6. The number of aryl methyl sites for hydroxylation is 1. The van der Waals surface area contributed by atoms with Gasteiger partial charge in [-0.2, -0.15) is 0 Å². The minimum atomic E-state index is -0.259. The van der Waals surface area contributed by atoms with Gasteiger partial charge in [0.1, 0.15) is 11.6 Å². The van der Waals surface area contributed by atoms with Crippen LogP contribution in [0.4, 0.5) is 10.1 Å². The van der Waals surface area contributed by atoms with Gasteiger partial charge in [0.15, 0.2) is 0 Å². The smallest absolute Gasteiger partial charge is 0.129 e. The molecular weight excluding hydrogens is 231 g/mol. The molecule has 0 atom stereocenters. The molecule has 0 amide bonds. The highest BCUT2D eigenvalue weighted by Crippen LogP contribution is 2.24. The predicted octanol–water partition coefficient (Wildman–Crippen LogP) is 2.82. The topological polar surface area (TPSA) is 42.4 Å². The van der Waals surface area contributed by atoms with E-state index in [4.69, 9.17) is 10.2 Å². The lowest BCUT2D eigenvalue weighted by molar-refractivity contribution is 0.529. The Morgan fingerprint density at radius 2 is 2.11 bits per heavy atom. The van der Waals surface area contributed by atoms with Gasteiger partial charge in [0.2, 0.25) is 0 Å². The molecule has 0 unspecified atom stereocenters. The average Bonchev–Trinajstić information content (AvgIpc) is 2.74. The second-order valence-electron chi connectivity index (χ2n) is 4.30. The molecular formula is C14H17FN2O. The van der Waals surface area contributed by atoms with Gasteiger partial charge < -0.3 is 15.1 Å². The normalized spacial score (nSPS) is 10.7. The van der Waals surface area contributed by atoms with E-state index in [0.29, 0.717) is 12.1 Å². The molecule has 3 nitrogen and oxygen atoms in total. The first-order chi connectivity index (χ1) is 8.63. The third-order valence-corrected chi connectivity index (χ3v) is 3.08. The summed E-state index contributed by atoms with van der Waals surface area (Å²) in [6.07, 6.45) is 1.66. The molecule has 0 spiro atoms. The zero-order valence-corrected chi connectivity index (χ0v) is 10.6. The molecule has 18 heavy (non-hydrogen) atoms. The fraction of sp³-hybridized carbons (Fsp3) is 0.286. The summed E-state index contributed by atoms with van der Waals surface area (Å²) >= 11 is 0. The second-order valence-corrected chi connectivity index (χ2v) is 4.30. The van der Waals surface area contributed by atoms with Crippen molar-refractivity contribution in [1.29, 1.82) is 0 Å². The standard InChI is InChI=1S/C14H17FN2O/c1-10-11(6-7-18-10)9-17(2)14-5-3-4-13(15)12(14)8-16/h3-7H,8-9,16H2,1-2H3. The van der Waals surface area contributed by atoms with Crippen LogP contribution < -0.4 is 10.6 Å².